The molecule has 0 saturated heterocycles. The molecule has 0 heterocycles. The monoisotopic (exact) mass is 905 g/mol. The maximum atomic E-state index is 12.4. The largest absolute Gasteiger partial charge is 0.508 e. The van der Waals surface area contributed by atoms with Crippen molar-refractivity contribution in [1.82, 2.24) is 0 Å². The molecule has 0 radical (unpaired) electrons. The summed E-state index contributed by atoms with van der Waals surface area (Å²) in [5, 5.41) is 66.3. The second kappa shape index (κ2) is 17.2. The van der Waals surface area contributed by atoms with E-state index in [9.17, 15) is 64.3 Å². The predicted octanol–water partition coefficient (Wildman–Crippen LogP) is 9.03. The third-order valence-electron chi connectivity index (χ3n) is 8.45. The molecular weight excluding hydrogens is 879 g/mol. The van der Waals surface area contributed by atoms with Gasteiger partial charge in [0, 0.05) is 29.7 Å². The summed E-state index contributed by atoms with van der Waals surface area (Å²) in [6.45, 7) is 0. The van der Waals surface area contributed by atoms with E-state index in [4.69, 9.17) is 4.74 Å². The normalized spacial score (nSPS) is 12.6. The van der Waals surface area contributed by atoms with Gasteiger partial charge in [-0.2, -0.15) is 40.6 Å². The molecule has 318 valence electrons. The first-order valence-electron chi connectivity index (χ1n) is 16.9. The van der Waals surface area contributed by atoms with E-state index < -0.39 is 72.8 Å². The summed E-state index contributed by atoms with van der Waals surface area (Å²) in [5.74, 6) is -1.43. The number of aromatic hydroxyl groups is 3. The Balaban J connectivity index is 1.30. The van der Waals surface area contributed by atoms with Crippen LogP contribution in [0.15, 0.2) is 142 Å². The second-order valence-electron chi connectivity index (χ2n) is 12.6. The highest BCUT2D eigenvalue weighted by Crippen LogP contribution is 2.45. The summed E-state index contributed by atoms with van der Waals surface area (Å²) < 4.78 is 108. The molecule has 0 amide bonds. The summed E-state index contributed by atoms with van der Waals surface area (Å²) in [6, 6.07) is 18.9. The summed E-state index contributed by atoms with van der Waals surface area (Å²) in [6.07, 6.45) is 2.08. The van der Waals surface area contributed by atoms with Crippen molar-refractivity contribution in [2.75, 3.05) is 7.11 Å². The van der Waals surface area contributed by atoms with Crippen LogP contribution in [0, 0.1) is 10.1 Å². The van der Waals surface area contributed by atoms with Gasteiger partial charge in [-0.3, -0.25) is 23.8 Å². The third kappa shape index (κ3) is 10.1. The number of hydrogen-bond donors (Lipinski definition) is 6. The standard InChI is InChI=1S/C37H27N7O15S3/c1-59-32-19-29(41-43-36-35(62(56,57)58)15-22-14-24(9-13-28(22)37(36)47)39-38-23-7-11-27(45)12-8-23)31(46)18-30(32)42-40-25-6-4-20(33(16-25)60(50,51)52)2-3-21-5-10-26(44(48)49)17-34(21)61(53,54)55/h2-19,45-47H,1H3,(H,50,51,52)(H,53,54,55)(H,56,57,58)/b3-2+,39-38?,42-40?,43-41?. The third-order valence-corrected chi connectivity index (χ3v) is 11.1. The average molecular weight is 906 g/mol. The molecule has 6 aromatic carbocycles. The number of fused-ring (bicyclic) bond motifs is 1. The van der Waals surface area contributed by atoms with E-state index in [0.717, 1.165) is 54.6 Å². The average Bonchev–Trinajstić information content (AvgIpc) is 3.20. The molecule has 62 heavy (non-hydrogen) atoms. The maximum Gasteiger partial charge on any atom is 0.296 e. The number of phenols is 3. The van der Waals surface area contributed by atoms with Crippen molar-refractivity contribution in [1.29, 1.82) is 0 Å². The number of hydrogen-bond acceptors (Lipinski definition) is 18. The van der Waals surface area contributed by atoms with Gasteiger partial charge < -0.3 is 20.1 Å². The minimum Gasteiger partial charge on any atom is -0.508 e. The highest BCUT2D eigenvalue weighted by Gasteiger charge is 2.23. The number of non-ortho nitro benzene ring substituents is 1. The molecular formula is C37H27N7O15S3. The fourth-order valence-corrected chi connectivity index (χ4v) is 7.60. The Morgan fingerprint density at radius 2 is 1.11 bits per heavy atom. The number of methoxy groups -OCH3 is 1. The Morgan fingerprint density at radius 1 is 0.581 bits per heavy atom. The number of rotatable bonds is 13. The quantitative estimate of drug-likeness (QED) is 0.0207. The van der Waals surface area contributed by atoms with Crippen molar-refractivity contribution in [3.63, 3.8) is 0 Å². The molecule has 0 atom stereocenters. The van der Waals surface area contributed by atoms with Crippen molar-refractivity contribution in [2.24, 2.45) is 30.7 Å². The summed E-state index contributed by atoms with van der Waals surface area (Å²) in [4.78, 5) is 7.80. The van der Waals surface area contributed by atoms with Gasteiger partial charge in [-0.1, -0.05) is 18.2 Å². The molecule has 0 aliphatic carbocycles. The Labute approximate surface area is 349 Å². The van der Waals surface area contributed by atoms with Crippen LogP contribution in [0.4, 0.5) is 39.8 Å². The minimum atomic E-state index is -5.04. The molecule has 0 fully saturated rings. The summed E-state index contributed by atoms with van der Waals surface area (Å²) >= 11 is 0. The lowest BCUT2D eigenvalue weighted by atomic mass is 10.1. The Bertz CT molecular complexity index is 3270. The highest BCUT2D eigenvalue weighted by atomic mass is 32.2. The number of benzene rings is 6. The molecule has 0 aromatic heterocycles. The van der Waals surface area contributed by atoms with Crippen molar-refractivity contribution in [2.45, 2.75) is 14.7 Å². The van der Waals surface area contributed by atoms with Crippen molar-refractivity contribution in [3.8, 4) is 23.0 Å². The van der Waals surface area contributed by atoms with Crippen LogP contribution >= 0.6 is 0 Å². The summed E-state index contributed by atoms with van der Waals surface area (Å²) in [5.41, 5.74) is -1.85. The van der Waals surface area contributed by atoms with Gasteiger partial charge in [-0.25, -0.2) is 0 Å². The zero-order valence-electron chi connectivity index (χ0n) is 31.1. The van der Waals surface area contributed by atoms with Crippen LogP contribution in [0.5, 0.6) is 23.0 Å². The summed E-state index contributed by atoms with van der Waals surface area (Å²) in [7, 11) is -13.8. The van der Waals surface area contributed by atoms with E-state index in [-0.39, 0.29) is 56.1 Å². The zero-order chi connectivity index (χ0) is 45.1. The molecule has 0 aliphatic heterocycles. The van der Waals surface area contributed by atoms with Crippen LogP contribution in [0.3, 0.4) is 0 Å². The molecule has 0 spiro atoms. The molecule has 6 N–H and O–H groups in total. The predicted molar refractivity (Wildman–Crippen MR) is 219 cm³/mol. The van der Waals surface area contributed by atoms with Crippen molar-refractivity contribution >= 4 is 93.1 Å². The van der Waals surface area contributed by atoms with Gasteiger partial charge in [0.15, 0.2) is 5.75 Å². The topological polar surface area (TPSA) is 350 Å². The lowest BCUT2D eigenvalue weighted by Crippen LogP contribution is -2.02. The Hall–Kier alpha value is -7.55. The van der Waals surface area contributed by atoms with E-state index in [1.807, 2.05) is 0 Å². The molecule has 6 aromatic rings. The molecule has 0 aliphatic rings. The van der Waals surface area contributed by atoms with Crippen LogP contribution in [-0.4, -0.2) is 66.3 Å². The number of nitro benzene ring substituents is 1. The van der Waals surface area contributed by atoms with Crippen LogP contribution in [0.25, 0.3) is 22.9 Å². The lowest BCUT2D eigenvalue weighted by molar-refractivity contribution is -0.385. The van der Waals surface area contributed by atoms with Gasteiger partial charge in [0.1, 0.15) is 49.0 Å². The first kappa shape index (κ1) is 44.0. The minimum absolute atomic E-state index is 0.0215. The number of nitro groups is 1. The van der Waals surface area contributed by atoms with E-state index in [2.05, 4.69) is 30.7 Å². The van der Waals surface area contributed by atoms with Crippen LogP contribution in [-0.2, 0) is 30.4 Å². The van der Waals surface area contributed by atoms with Crippen LogP contribution < -0.4 is 4.74 Å². The lowest BCUT2D eigenvalue weighted by Gasteiger charge is -2.10. The van der Waals surface area contributed by atoms with Gasteiger partial charge in [0.05, 0.1) is 29.1 Å². The van der Waals surface area contributed by atoms with Gasteiger partial charge in [-0.15, -0.1) is 15.3 Å². The van der Waals surface area contributed by atoms with Crippen LogP contribution in [0.1, 0.15) is 11.1 Å². The Kier molecular flexibility index (Phi) is 12.2. The van der Waals surface area contributed by atoms with Crippen molar-refractivity contribution in [3.05, 3.63) is 118 Å². The maximum absolute atomic E-state index is 12.4. The van der Waals surface area contributed by atoms with Gasteiger partial charge in [-0.05, 0) is 83.2 Å². The van der Waals surface area contributed by atoms with E-state index in [1.54, 1.807) is 0 Å². The van der Waals surface area contributed by atoms with Gasteiger partial charge >= 0.3 is 0 Å². The molecule has 22 nitrogen and oxygen atoms in total. The second-order valence-corrected chi connectivity index (χ2v) is 16.7. The number of nitrogens with zero attached hydrogens (tertiary/aromatic N) is 7. The smallest absolute Gasteiger partial charge is 0.296 e. The fraction of sp³-hybridized carbons (Fsp3) is 0.0270. The number of phenolic OH excluding ortho intramolecular Hbond substituents is 3. The first-order chi connectivity index (χ1) is 29.1. The van der Waals surface area contributed by atoms with Gasteiger partial charge in [0.25, 0.3) is 36.0 Å². The zero-order valence-corrected chi connectivity index (χ0v) is 33.6. The molecule has 0 saturated carbocycles. The SMILES string of the molecule is COc1cc(N=Nc2c(S(=O)(=O)O)cc3cc(N=Nc4ccc(O)cc4)ccc3c2O)c(O)cc1N=Nc1ccc(/C=C/c2ccc([N+](=O)[O-])cc2S(=O)(=O)O)c(S(=O)(=O)O)c1. The van der Waals surface area contributed by atoms with E-state index in [0.29, 0.717) is 11.8 Å². The first-order valence-corrected chi connectivity index (χ1v) is 21.2. The molecule has 6 rings (SSSR count). The molecule has 0 unspecified atom stereocenters. The van der Waals surface area contributed by atoms with Crippen LogP contribution in [0.2, 0.25) is 0 Å². The van der Waals surface area contributed by atoms with Gasteiger partial charge in [0.2, 0.25) is 0 Å². The highest BCUT2D eigenvalue weighted by molar-refractivity contribution is 7.86. The fourth-order valence-electron chi connectivity index (χ4n) is 5.54. The number of azo groups is 3. The Morgan fingerprint density at radius 3 is 1.73 bits per heavy atom. The van der Waals surface area contributed by atoms with E-state index in [1.165, 1.54) is 55.6 Å². The van der Waals surface area contributed by atoms with Crippen molar-refractivity contribution < 1.29 is 63.9 Å². The molecule has 25 heteroatoms. The van der Waals surface area contributed by atoms with E-state index >= 15 is 0 Å². The molecule has 0 bridgehead atoms. The number of ether oxygens (including phenoxy) is 1.